The Morgan fingerprint density at radius 2 is 1.96 bits per heavy atom. The van der Waals surface area contributed by atoms with Gasteiger partial charge in [-0.1, -0.05) is 6.07 Å². The molecule has 6 nitrogen and oxygen atoms in total. The van der Waals surface area contributed by atoms with Crippen LogP contribution in [0.2, 0.25) is 0 Å². The fourth-order valence-electron chi connectivity index (χ4n) is 2.40. The van der Waals surface area contributed by atoms with Gasteiger partial charge in [-0.15, -0.1) is 0 Å². The van der Waals surface area contributed by atoms with Gasteiger partial charge in [0, 0.05) is 39.1 Å². The number of aryl methyl sites for hydroxylation is 1. The molecule has 0 saturated heterocycles. The Morgan fingerprint density at radius 1 is 1.28 bits per heavy atom. The highest BCUT2D eigenvalue weighted by Crippen LogP contribution is 2.30. The molecule has 2 rings (SSSR count). The Kier molecular flexibility index (Phi) is 5.66. The fraction of sp³-hybridized carbons (Fsp3) is 0.438. The summed E-state index contributed by atoms with van der Waals surface area (Å²) < 4.78 is 39.7. The number of carbonyl (C=O) groups excluding carboxylic acids is 1. The van der Waals surface area contributed by atoms with E-state index in [4.69, 9.17) is 0 Å². The quantitative estimate of drug-likeness (QED) is 0.865. The zero-order chi connectivity index (χ0) is 18.6. The summed E-state index contributed by atoms with van der Waals surface area (Å²) in [6.07, 6.45) is -2.03. The van der Waals surface area contributed by atoms with E-state index in [0.717, 1.165) is 29.8 Å². The number of nitrogens with one attached hydrogen (secondary N) is 1. The normalized spacial score (nSPS) is 11.4. The van der Waals surface area contributed by atoms with Crippen LogP contribution in [0.5, 0.6) is 0 Å². The van der Waals surface area contributed by atoms with Crippen LogP contribution in [0.1, 0.15) is 35.5 Å². The number of halogens is 3. The number of nitrogens with zero attached hydrogens (tertiary/aromatic N) is 4. The van der Waals surface area contributed by atoms with Gasteiger partial charge in [0.05, 0.1) is 5.56 Å². The van der Waals surface area contributed by atoms with E-state index in [1.54, 1.807) is 12.3 Å². The third kappa shape index (κ3) is 4.49. The highest BCUT2D eigenvalue weighted by atomic mass is 19.4. The van der Waals surface area contributed by atoms with E-state index >= 15 is 0 Å². The minimum atomic E-state index is -4.68. The number of anilines is 1. The van der Waals surface area contributed by atoms with Crippen molar-refractivity contribution in [2.24, 2.45) is 7.05 Å². The van der Waals surface area contributed by atoms with Gasteiger partial charge in [0.1, 0.15) is 5.82 Å². The van der Waals surface area contributed by atoms with Crippen LogP contribution in [0.15, 0.2) is 24.5 Å². The molecule has 2 aromatic rings. The molecule has 1 N–H and O–H groups in total. The summed E-state index contributed by atoms with van der Waals surface area (Å²) >= 11 is 0. The molecule has 0 aliphatic rings. The molecule has 0 radical (unpaired) electrons. The molecule has 1 amide bonds. The topological polar surface area (TPSA) is 63.1 Å². The average Bonchev–Trinajstić information content (AvgIpc) is 2.97. The summed E-state index contributed by atoms with van der Waals surface area (Å²) in [6, 6.07) is 3.61. The molecule has 0 aromatic carbocycles. The minimum Gasteiger partial charge on any atom is -0.357 e. The monoisotopic (exact) mass is 355 g/mol. The molecular formula is C16H20F3N5O. The number of rotatable bonds is 6. The van der Waals surface area contributed by atoms with Crippen LogP contribution in [0.4, 0.5) is 19.0 Å². The summed E-state index contributed by atoms with van der Waals surface area (Å²) in [6.45, 7) is 5.76. The zero-order valence-corrected chi connectivity index (χ0v) is 14.3. The number of carbonyl (C=O) groups is 1. The number of hydrogen-bond acceptors (Lipinski definition) is 4. The van der Waals surface area contributed by atoms with E-state index in [1.807, 2.05) is 19.9 Å². The molecule has 2 heterocycles. The van der Waals surface area contributed by atoms with Gasteiger partial charge >= 0.3 is 6.18 Å². The molecule has 0 fully saturated rings. The maximum absolute atomic E-state index is 12.9. The van der Waals surface area contributed by atoms with Crippen molar-refractivity contribution in [3.05, 3.63) is 41.3 Å². The van der Waals surface area contributed by atoms with Crippen LogP contribution in [0.25, 0.3) is 0 Å². The van der Waals surface area contributed by atoms with Crippen molar-refractivity contribution in [1.29, 1.82) is 0 Å². The zero-order valence-electron chi connectivity index (χ0n) is 14.3. The van der Waals surface area contributed by atoms with Crippen molar-refractivity contribution in [1.82, 2.24) is 20.1 Å². The Morgan fingerprint density at radius 3 is 2.48 bits per heavy atom. The Bertz CT molecular complexity index is 720. The standard InChI is InChI=1S/C16H20F3N5O/c1-4-24(5-2)13-7-6-11(8-20-13)9-21-15(25)12-10-23(3)22-14(12)16(17,18)19/h6-8,10H,4-5,9H2,1-3H3,(H,21,25). The van der Waals surface area contributed by atoms with Gasteiger partial charge in [-0.2, -0.15) is 18.3 Å². The number of pyridine rings is 1. The second-order valence-corrected chi connectivity index (χ2v) is 5.44. The Hall–Kier alpha value is -2.58. The van der Waals surface area contributed by atoms with Gasteiger partial charge in [0.2, 0.25) is 0 Å². The molecule has 2 aromatic heterocycles. The molecule has 0 saturated carbocycles. The van der Waals surface area contributed by atoms with Crippen LogP contribution in [0.3, 0.4) is 0 Å². The third-order valence-electron chi connectivity index (χ3n) is 3.69. The predicted molar refractivity (Wildman–Crippen MR) is 87.2 cm³/mol. The van der Waals surface area contributed by atoms with Crippen LogP contribution in [-0.2, 0) is 19.8 Å². The van der Waals surface area contributed by atoms with Crippen LogP contribution in [-0.4, -0.2) is 33.8 Å². The van der Waals surface area contributed by atoms with Gasteiger partial charge in [-0.3, -0.25) is 9.48 Å². The lowest BCUT2D eigenvalue weighted by Gasteiger charge is -2.19. The molecule has 0 aliphatic heterocycles. The van der Waals surface area contributed by atoms with Crippen molar-refractivity contribution in [3.63, 3.8) is 0 Å². The summed E-state index contributed by atoms with van der Waals surface area (Å²) in [5, 5.41) is 5.79. The minimum absolute atomic E-state index is 0.0799. The van der Waals surface area contributed by atoms with E-state index in [2.05, 4.69) is 20.3 Å². The van der Waals surface area contributed by atoms with Gasteiger partial charge in [0.25, 0.3) is 5.91 Å². The smallest absolute Gasteiger partial charge is 0.357 e. The average molecular weight is 355 g/mol. The SMILES string of the molecule is CCN(CC)c1ccc(CNC(=O)c2cn(C)nc2C(F)(F)F)cn1. The first kappa shape index (κ1) is 18.8. The summed E-state index contributed by atoms with van der Waals surface area (Å²) in [4.78, 5) is 18.4. The van der Waals surface area contributed by atoms with E-state index in [1.165, 1.54) is 7.05 Å². The maximum Gasteiger partial charge on any atom is 0.435 e. The van der Waals surface area contributed by atoms with Crippen molar-refractivity contribution < 1.29 is 18.0 Å². The first-order valence-electron chi connectivity index (χ1n) is 7.85. The number of aromatic nitrogens is 3. The van der Waals surface area contributed by atoms with Crippen molar-refractivity contribution in [2.45, 2.75) is 26.6 Å². The van der Waals surface area contributed by atoms with E-state index < -0.39 is 23.3 Å². The highest BCUT2D eigenvalue weighted by molar-refractivity contribution is 5.95. The first-order chi connectivity index (χ1) is 11.8. The number of alkyl halides is 3. The summed E-state index contributed by atoms with van der Waals surface area (Å²) in [5.74, 6) is -0.0139. The lowest BCUT2D eigenvalue weighted by molar-refractivity contribution is -0.141. The van der Waals surface area contributed by atoms with Crippen LogP contribution in [0, 0.1) is 0 Å². The molecular weight excluding hydrogens is 335 g/mol. The van der Waals surface area contributed by atoms with E-state index in [9.17, 15) is 18.0 Å². The largest absolute Gasteiger partial charge is 0.435 e. The van der Waals surface area contributed by atoms with Gasteiger partial charge in [0.15, 0.2) is 5.69 Å². The third-order valence-corrected chi connectivity index (χ3v) is 3.69. The summed E-state index contributed by atoms with van der Waals surface area (Å²) in [7, 11) is 1.34. The van der Waals surface area contributed by atoms with E-state index in [-0.39, 0.29) is 6.54 Å². The van der Waals surface area contributed by atoms with Gasteiger partial charge in [-0.25, -0.2) is 4.98 Å². The molecule has 0 aliphatic carbocycles. The number of amides is 1. The van der Waals surface area contributed by atoms with Gasteiger partial charge < -0.3 is 10.2 Å². The molecule has 25 heavy (non-hydrogen) atoms. The van der Waals surface area contributed by atoms with E-state index in [0.29, 0.717) is 5.56 Å². The Balaban J connectivity index is 2.06. The molecule has 0 spiro atoms. The first-order valence-corrected chi connectivity index (χ1v) is 7.85. The number of hydrogen-bond donors (Lipinski definition) is 1. The molecule has 0 atom stereocenters. The van der Waals surface area contributed by atoms with Crippen molar-refractivity contribution in [3.8, 4) is 0 Å². The summed E-state index contributed by atoms with van der Waals surface area (Å²) in [5.41, 5.74) is -0.994. The fourth-order valence-corrected chi connectivity index (χ4v) is 2.40. The second-order valence-electron chi connectivity index (χ2n) is 5.44. The lowest BCUT2D eigenvalue weighted by atomic mass is 10.2. The lowest BCUT2D eigenvalue weighted by Crippen LogP contribution is -2.26. The second kappa shape index (κ2) is 7.54. The van der Waals surface area contributed by atoms with Crippen LogP contribution < -0.4 is 10.2 Å². The molecule has 9 heteroatoms. The van der Waals surface area contributed by atoms with Crippen molar-refractivity contribution >= 4 is 11.7 Å². The van der Waals surface area contributed by atoms with Gasteiger partial charge in [-0.05, 0) is 25.5 Å². The predicted octanol–water partition coefficient (Wildman–Crippen LogP) is 2.61. The maximum atomic E-state index is 12.9. The molecule has 136 valence electrons. The van der Waals surface area contributed by atoms with Crippen LogP contribution >= 0.6 is 0 Å². The molecule has 0 unspecified atom stereocenters. The molecule has 0 bridgehead atoms. The highest BCUT2D eigenvalue weighted by Gasteiger charge is 2.38. The Labute approximate surface area is 143 Å². The van der Waals surface area contributed by atoms with Crippen molar-refractivity contribution in [2.75, 3.05) is 18.0 Å².